The number of fused-ring (bicyclic) bond motifs is 7. The van der Waals surface area contributed by atoms with Crippen molar-refractivity contribution in [2.45, 2.75) is 82.2 Å². The van der Waals surface area contributed by atoms with E-state index in [4.69, 9.17) is 4.42 Å². The average molecular weight is 435 g/mol. The molecule has 6 bridgehead atoms. The van der Waals surface area contributed by atoms with Crippen molar-refractivity contribution in [2.75, 3.05) is 19.6 Å². The topological polar surface area (TPSA) is 36.7 Å². The van der Waals surface area contributed by atoms with E-state index in [1.807, 2.05) is 12.2 Å². The van der Waals surface area contributed by atoms with Crippen molar-refractivity contribution in [3.05, 3.63) is 60.6 Å². The van der Waals surface area contributed by atoms with Crippen LogP contribution in [0.2, 0.25) is 0 Å². The Balaban J connectivity index is 1.54. The van der Waals surface area contributed by atoms with E-state index >= 15 is 0 Å². The standard InChI is InChI=1S/C28H38N2O2/c1-3-5-10-14-25(31)30-21(4-2)19-28-20-29-16-12-9-7-6-8-11-13-22-18-23(24(28)15-17-29)26(32-22)27(28)30/h3-4,6,8,18,21,24,27H,1-2,5,7,9-17,19-20H2/b8-6-/t21-,24-,27-,28-/m0/s1. The zero-order valence-corrected chi connectivity index (χ0v) is 19.4. The quantitative estimate of drug-likeness (QED) is 0.426. The molecule has 5 heterocycles. The van der Waals surface area contributed by atoms with Crippen LogP contribution in [0, 0.1) is 5.41 Å². The fourth-order valence-corrected chi connectivity index (χ4v) is 6.99. The van der Waals surface area contributed by atoms with E-state index < -0.39 is 0 Å². The van der Waals surface area contributed by atoms with E-state index in [-0.39, 0.29) is 23.4 Å². The minimum absolute atomic E-state index is 0.0546. The van der Waals surface area contributed by atoms with Crippen molar-refractivity contribution in [2.24, 2.45) is 5.41 Å². The predicted molar refractivity (Wildman–Crippen MR) is 128 cm³/mol. The molecular formula is C28H38N2O2. The van der Waals surface area contributed by atoms with Gasteiger partial charge in [0.1, 0.15) is 11.5 Å². The number of piperidine rings is 1. The van der Waals surface area contributed by atoms with Gasteiger partial charge in [-0.15, -0.1) is 13.2 Å². The van der Waals surface area contributed by atoms with E-state index in [1.165, 1.54) is 31.2 Å². The first kappa shape index (κ1) is 21.8. The SMILES string of the molecule is C=CCCCC(=O)N1[C@H]2c3oc4cc3[C@@H]3CCN(CCCC/C=C\CC4)C[C@]23C[C@@H]1C=C. The lowest BCUT2D eigenvalue weighted by Gasteiger charge is -2.45. The number of unbranched alkanes of at least 4 members (excludes halogenated alkanes) is 1. The van der Waals surface area contributed by atoms with Crippen molar-refractivity contribution in [3.63, 3.8) is 0 Å². The summed E-state index contributed by atoms with van der Waals surface area (Å²) in [7, 11) is 0. The van der Waals surface area contributed by atoms with Gasteiger partial charge in [-0.3, -0.25) is 4.79 Å². The fraction of sp³-hybridized carbons (Fsp3) is 0.607. The molecule has 1 aliphatic carbocycles. The second kappa shape index (κ2) is 9.05. The highest BCUT2D eigenvalue weighted by Gasteiger charge is 2.65. The number of likely N-dealkylation sites (tertiary alicyclic amines) is 1. The second-order valence-corrected chi connectivity index (χ2v) is 10.3. The lowest BCUT2D eigenvalue weighted by Crippen LogP contribution is -2.48. The van der Waals surface area contributed by atoms with Crippen LogP contribution in [0.25, 0.3) is 0 Å². The highest BCUT2D eigenvalue weighted by Crippen LogP contribution is 2.67. The molecule has 1 aromatic rings. The van der Waals surface area contributed by atoms with Crippen LogP contribution in [0.5, 0.6) is 0 Å². The summed E-state index contributed by atoms with van der Waals surface area (Å²) in [5, 5.41) is 0. The second-order valence-electron chi connectivity index (χ2n) is 10.3. The Bertz CT molecular complexity index is 899. The molecule has 5 atom stereocenters. The van der Waals surface area contributed by atoms with Gasteiger partial charge in [-0.1, -0.05) is 24.3 Å². The number of aryl methyl sites for hydroxylation is 1. The zero-order chi connectivity index (χ0) is 22.1. The van der Waals surface area contributed by atoms with Crippen LogP contribution in [0.4, 0.5) is 0 Å². The Morgan fingerprint density at radius 2 is 2.09 bits per heavy atom. The first-order valence-corrected chi connectivity index (χ1v) is 12.7. The monoisotopic (exact) mass is 434 g/mol. The van der Waals surface area contributed by atoms with Gasteiger partial charge >= 0.3 is 0 Å². The molecule has 4 aliphatic heterocycles. The third kappa shape index (κ3) is 3.61. The molecule has 4 nitrogen and oxygen atoms in total. The van der Waals surface area contributed by atoms with Crippen molar-refractivity contribution >= 4 is 5.91 Å². The first-order valence-electron chi connectivity index (χ1n) is 12.7. The Morgan fingerprint density at radius 3 is 2.94 bits per heavy atom. The van der Waals surface area contributed by atoms with E-state index in [2.05, 4.69) is 41.2 Å². The van der Waals surface area contributed by atoms with Gasteiger partial charge in [0.25, 0.3) is 0 Å². The van der Waals surface area contributed by atoms with E-state index in [9.17, 15) is 4.79 Å². The molecule has 32 heavy (non-hydrogen) atoms. The number of furan rings is 1. The van der Waals surface area contributed by atoms with Gasteiger partial charge in [-0.25, -0.2) is 0 Å². The minimum atomic E-state index is 0.0546. The predicted octanol–water partition coefficient (Wildman–Crippen LogP) is 5.93. The van der Waals surface area contributed by atoms with Crippen molar-refractivity contribution in [1.29, 1.82) is 0 Å². The van der Waals surface area contributed by atoms with Gasteiger partial charge in [0.15, 0.2) is 0 Å². The number of carbonyl (C=O) groups is 1. The number of carbonyl (C=O) groups excluding carboxylic acids is 1. The average Bonchev–Trinajstić information content (AvgIpc) is 3.39. The summed E-state index contributed by atoms with van der Waals surface area (Å²) in [6, 6.07) is 2.49. The molecule has 4 heteroatoms. The molecular weight excluding hydrogens is 396 g/mol. The van der Waals surface area contributed by atoms with Crippen LogP contribution >= 0.6 is 0 Å². The minimum Gasteiger partial charge on any atom is -0.464 e. The third-order valence-corrected chi connectivity index (χ3v) is 8.36. The molecule has 2 fully saturated rings. The fourth-order valence-electron chi connectivity index (χ4n) is 6.99. The van der Waals surface area contributed by atoms with Crippen LogP contribution in [0.1, 0.15) is 86.8 Å². The third-order valence-electron chi connectivity index (χ3n) is 8.36. The lowest BCUT2D eigenvalue weighted by atomic mass is 9.68. The lowest BCUT2D eigenvalue weighted by molar-refractivity contribution is -0.135. The van der Waals surface area contributed by atoms with Gasteiger partial charge in [0.2, 0.25) is 5.91 Å². The molecule has 1 spiro atoms. The van der Waals surface area contributed by atoms with Crippen LogP contribution in [0.15, 0.2) is 47.9 Å². The first-order chi connectivity index (χ1) is 15.7. The van der Waals surface area contributed by atoms with Gasteiger partial charge in [0.05, 0.1) is 12.1 Å². The number of rotatable bonds is 5. The van der Waals surface area contributed by atoms with Crippen molar-refractivity contribution in [3.8, 4) is 0 Å². The number of nitrogens with zero attached hydrogens (tertiary/aromatic N) is 2. The number of hydrogen-bond acceptors (Lipinski definition) is 3. The molecule has 1 unspecified atom stereocenters. The maximum atomic E-state index is 13.5. The molecule has 1 aromatic heterocycles. The van der Waals surface area contributed by atoms with Crippen LogP contribution in [0.3, 0.4) is 0 Å². The Labute approximate surface area is 193 Å². The summed E-state index contributed by atoms with van der Waals surface area (Å²) >= 11 is 0. The molecule has 2 saturated heterocycles. The molecule has 0 saturated carbocycles. The van der Waals surface area contributed by atoms with Crippen molar-refractivity contribution < 1.29 is 9.21 Å². The zero-order valence-electron chi connectivity index (χ0n) is 19.4. The van der Waals surface area contributed by atoms with E-state index in [0.29, 0.717) is 12.3 Å². The number of allylic oxidation sites excluding steroid dienone is 3. The van der Waals surface area contributed by atoms with E-state index in [1.54, 1.807) is 0 Å². The Morgan fingerprint density at radius 1 is 1.22 bits per heavy atom. The molecule has 5 aliphatic rings. The molecule has 0 N–H and O–H groups in total. The highest BCUT2D eigenvalue weighted by atomic mass is 16.3. The molecule has 172 valence electrons. The Hall–Kier alpha value is -2.07. The maximum absolute atomic E-state index is 13.5. The highest BCUT2D eigenvalue weighted by molar-refractivity contribution is 5.78. The molecule has 1 amide bonds. The Kier molecular flexibility index (Phi) is 6.16. The maximum Gasteiger partial charge on any atom is 0.223 e. The normalized spacial score (nSPS) is 34.7. The van der Waals surface area contributed by atoms with Crippen LogP contribution < -0.4 is 0 Å². The summed E-state index contributed by atoms with van der Waals surface area (Å²) in [5.41, 5.74) is 1.46. The molecule has 6 rings (SSSR count). The van der Waals surface area contributed by atoms with Gasteiger partial charge < -0.3 is 14.2 Å². The van der Waals surface area contributed by atoms with Gasteiger partial charge in [-0.2, -0.15) is 0 Å². The largest absolute Gasteiger partial charge is 0.464 e. The smallest absolute Gasteiger partial charge is 0.223 e. The molecule has 0 aromatic carbocycles. The van der Waals surface area contributed by atoms with E-state index in [0.717, 1.165) is 63.3 Å². The number of hydrogen-bond donors (Lipinski definition) is 0. The summed E-state index contributed by atoms with van der Waals surface area (Å²) in [6.45, 7) is 11.4. The number of amides is 1. The van der Waals surface area contributed by atoms with Gasteiger partial charge in [0, 0.05) is 24.8 Å². The van der Waals surface area contributed by atoms with Crippen LogP contribution in [-0.2, 0) is 11.2 Å². The van der Waals surface area contributed by atoms with Crippen LogP contribution in [-0.4, -0.2) is 41.4 Å². The summed E-state index contributed by atoms with van der Waals surface area (Å²) in [4.78, 5) is 18.4. The van der Waals surface area contributed by atoms with Gasteiger partial charge in [-0.05, 0) is 82.0 Å². The summed E-state index contributed by atoms with van der Waals surface area (Å²) < 4.78 is 6.59. The van der Waals surface area contributed by atoms with Crippen molar-refractivity contribution in [1.82, 2.24) is 9.80 Å². The summed E-state index contributed by atoms with van der Waals surface area (Å²) in [6.07, 6.45) is 18.7. The molecule has 0 radical (unpaired) electrons. The summed E-state index contributed by atoms with van der Waals surface area (Å²) in [5.74, 6) is 2.92.